The normalized spacial score (nSPS) is 11.7. The lowest BCUT2D eigenvalue weighted by Gasteiger charge is -2.18. The van der Waals surface area contributed by atoms with Gasteiger partial charge in [0, 0.05) is 10.6 Å². The Bertz CT molecular complexity index is 728. The lowest BCUT2D eigenvalue weighted by atomic mass is 9.87. The fourth-order valence-corrected chi connectivity index (χ4v) is 2.21. The molecule has 0 heterocycles. The van der Waals surface area contributed by atoms with Crippen LogP contribution in [0.3, 0.4) is 0 Å². The summed E-state index contributed by atoms with van der Waals surface area (Å²) in [5, 5.41) is 4.56. The van der Waals surface area contributed by atoms with E-state index in [1.165, 1.54) is 5.56 Å². The van der Waals surface area contributed by atoms with Gasteiger partial charge in [-0.1, -0.05) is 62.7 Å². The highest BCUT2D eigenvalue weighted by molar-refractivity contribution is 6.31. The van der Waals surface area contributed by atoms with Gasteiger partial charge in [0.25, 0.3) is 5.91 Å². The van der Waals surface area contributed by atoms with Crippen molar-refractivity contribution in [3.05, 3.63) is 69.7 Å². The Labute approximate surface area is 142 Å². The van der Waals surface area contributed by atoms with Gasteiger partial charge in [0.1, 0.15) is 0 Å². The molecule has 0 fully saturated rings. The minimum atomic E-state index is -0.283. The number of carbonyl (C=O) groups is 1. The van der Waals surface area contributed by atoms with Gasteiger partial charge in [-0.05, 0) is 41.2 Å². The number of aryl methyl sites for hydroxylation is 1. The molecule has 0 saturated carbocycles. The van der Waals surface area contributed by atoms with Gasteiger partial charge < -0.3 is 0 Å². The van der Waals surface area contributed by atoms with Crippen LogP contribution in [0.2, 0.25) is 5.02 Å². The second-order valence-corrected chi connectivity index (χ2v) is 6.94. The van der Waals surface area contributed by atoms with E-state index in [2.05, 4.69) is 43.4 Å². The van der Waals surface area contributed by atoms with E-state index < -0.39 is 0 Å². The van der Waals surface area contributed by atoms with Crippen LogP contribution in [0.25, 0.3) is 0 Å². The standard InChI is InChI=1S/C19H21ClN2O/c1-13-5-8-15(11-17(13)20)18(23)22-21-12-14-6-9-16(10-7-14)19(2,3)4/h5-12H,1-4H3,(H,22,23)/b21-12+. The van der Waals surface area contributed by atoms with Crippen LogP contribution in [-0.4, -0.2) is 12.1 Å². The average molecular weight is 329 g/mol. The van der Waals surface area contributed by atoms with Crippen LogP contribution < -0.4 is 5.43 Å². The predicted molar refractivity (Wildman–Crippen MR) is 96.4 cm³/mol. The van der Waals surface area contributed by atoms with Crippen LogP contribution in [0.15, 0.2) is 47.6 Å². The zero-order valence-corrected chi connectivity index (χ0v) is 14.6. The van der Waals surface area contributed by atoms with E-state index in [0.29, 0.717) is 10.6 Å². The van der Waals surface area contributed by atoms with Crippen LogP contribution in [0.1, 0.15) is 47.8 Å². The molecule has 0 atom stereocenters. The maximum atomic E-state index is 12.0. The summed E-state index contributed by atoms with van der Waals surface area (Å²) in [5.74, 6) is -0.283. The molecule has 2 aromatic rings. The smallest absolute Gasteiger partial charge is 0.267 e. The summed E-state index contributed by atoms with van der Waals surface area (Å²) in [6.07, 6.45) is 1.63. The number of hydrazone groups is 1. The first kappa shape index (κ1) is 17.2. The second-order valence-electron chi connectivity index (χ2n) is 6.54. The summed E-state index contributed by atoms with van der Waals surface area (Å²) >= 11 is 6.02. The van der Waals surface area contributed by atoms with Crippen LogP contribution in [0.4, 0.5) is 0 Å². The summed E-state index contributed by atoms with van der Waals surface area (Å²) in [6.45, 7) is 8.40. The van der Waals surface area contributed by atoms with E-state index in [1.54, 1.807) is 18.3 Å². The summed E-state index contributed by atoms with van der Waals surface area (Å²) in [4.78, 5) is 12.0. The minimum absolute atomic E-state index is 0.120. The Balaban J connectivity index is 2.01. The summed E-state index contributed by atoms with van der Waals surface area (Å²) in [6, 6.07) is 13.3. The molecule has 0 radical (unpaired) electrons. The van der Waals surface area contributed by atoms with E-state index in [0.717, 1.165) is 11.1 Å². The fraction of sp³-hybridized carbons (Fsp3) is 0.263. The molecule has 1 N–H and O–H groups in total. The monoisotopic (exact) mass is 328 g/mol. The van der Waals surface area contributed by atoms with Crippen LogP contribution in [0.5, 0.6) is 0 Å². The zero-order valence-electron chi connectivity index (χ0n) is 13.9. The third-order valence-corrected chi connectivity index (χ3v) is 4.00. The lowest BCUT2D eigenvalue weighted by Crippen LogP contribution is -2.17. The number of hydrogen-bond acceptors (Lipinski definition) is 2. The van der Waals surface area contributed by atoms with Gasteiger partial charge in [0.2, 0.25) is 0 Å². The minimum Gasteiger partial charge on any atom is -0.267 e. The molecule has 120 valence electrons. The highest BCUT2D eigenvalue weighted by Gasteiger charge is 2.12. The van der Waals surface area contributed by atoms with Crippen LogP contribution >= 0.6 is 11.6 Å². The van der Waals surface area contributed by atoms with Crippen molar-refractivity contribution in [3.63, 3.8) is 0 Å². The van der Waals surface area contributed by atoms with E-state index in [9.17, 15) is 4.79 Å². The Morgan fingerprint density at radius 2 is 1.78 bits per heavy atom. The Morgan fingerprint density at radius 1 is 1.13 bits per heavy atom. The number of amides is 1. The molecule has 0 bridgehead atoms. The van der Waals surface area contributed by atoms with Gasteiger partial charge in [-0.25, -0.2) is 5.43 Å². The Hall–Kier alpha value is -2.13. The highest BCUT2D eigenvalue weighted by Crippen LogP contribution is 2.21. The van der Waals surface area contributed by atoms with Crippen molar-refractivity contribution in [1.82, 2.24) is 5.43 Å². The lowest BCUT2D eigenvalue weighted by molar-refractivity contribution is 0.0955. The Kier molecular flexibility index (Phi) is 5.22. The summed E-state index contributed by atoms with van der Waals surface area (Å²) in [5.41, 5.74) is 6.24. The quantitative estimate of drug-likeness (QED) is 0.643. The number of hydrogen-bond donors (Lipinski definition) is 1. The van der Waals surface area contributed by atoms with Gasteiger partial charge in [-0.15, -0.1) is 0 Å². The molecule has 0 aliphatic rings. The van der Waals surface area contributed by atoms with Crippen molar-refractivity contribution in [2.45, 2.75) is 33.1 Å². The van der Waals surface area contributed by atoms with Crippen molar-refractivity contribution in [2.24, 2.45) is 5.10 Å². The molecule has 2 rings (SSSR count). The molecule has 0 saturated heterocycles. The molecule has 4 heteroatoms. The van der Waals surface area contributed by atoms with Gasteiger partial charge in [-0.2, -0.15) is 5.10 Å². The number of nitrogens with zero attached hydrogens (tertiary/aromatic N) is 1. The van der Waals surface area contributed by atoms with Crippen molar-refractivity contribution < 1.29 is 4.79 Å². The number of carbonyl (C=O) groups excluding carboxylic acids is 1. The van der Waals surface area contributed by atoms with Crippen molar-refractivity contribution in [3.8, 4) is 0 Å². The number of halogens is 1. The maximum absolute atomic E-state index is 12.0. The SMILES string of the molecule is Cc1ccc(C(=O)N/N=C/c2ccc(C(C)(C)C)cc2)cc1Cl. The molecule has 0 spiro atoms. The first-order valence-electron chi connectivity index (χ1n) is 7.47. The average Bonchev–Trinajstić information content (AvgIpc) is 2.49. The molecule has 0 aliphatic heterocycles. The third-order valence-electron chi connectivity index (χ3n) is 3.59. The Morgan fingerprint density at radius 3 is 2.35 bits per heavy atom. The van der Waals surface area contributed by atoms with Gasteiger partial charge in [0.05, 0.1) is 6.21 Å². The van der Waals surface area contributed by atoms with E-state index >= 15 is 0 Å². The second kappa shape index (κ2) is 6.97. The fourth-order valence-electron chi connectivity index (χ4n) is 2.03. The molecule has 0 unspecified atom stereocenters. The van der Waals surface area contributed by atoms with Crippen molar-refractivity contribution in [1.29, 1.82) is 0 Å². The van der Waals surface area contributed by atoms with E-state index in [4.69, 9.17) is 11.6 Å². The molecule has 23 heavy (non-hydrogen) atoms. The topological polar surface area (TPSA) is 41.5 Å². The van der Waals surface area contributed by atoms with Crippen molar-refractivity contribution in [2.75, 3.05) is 0 Å². The molecular weight excluding hydrogens is 308 g/mol. The van der Waals surface area contributed by atoms with Crippen molar-refractivity contribution >= 4 is 23.7 Å². The number of rotatable bonds is 3. The summed E-state index contributed by atoms with van der Waals surface area (Å²) in [7, 11) is 0. The number of nitrogens with one attached hydrogen (secondary N) is 1. The maximum Gasteiger partial charge on any atom is 0.271 e. The molecule has 3 nitrogen and oxygen atoms in total. The highest BCUT2D eigenvalue weighted by atomic mass is 35.5. The van der Waals surface area contributed by atoms with E-state index in [-0.39, 0.29) is 11.3 Å². The van der Waals surface area contributed by atoms with E-state index in [1.807, 2.05) is 25.1 Å². The third kappa shape index (κ3) is 4.67. The first-order chi connectivity index (χ1) is 10.8. The molecular formula is C19H21ClN2O. The van der Waals surface area contributed by atoms with Gasteiger partial charge >= 0.3 is 0 Å². The zero-order chi connectivity index (χ0) is 17.0. The number of benzene rings is 2. The first-order valence-corrected chi connectivity index (χ1v) is 7.85. The van der Waals surface area contributed by atoms with Gasteiger partial charge in [0.15, 0.2) is 0 Å². The van der Waals surface area contributed by atoms with Gasteiger partial charge in [-0.3, -0.25) is 4.79 Å². The largest absolute Gasteiger partial charge is 0.271 e. The molecule has 2 aromatic carbocycles. The molecule has 0 aliphatic carbocycles. The summed E-state index contributed by atoms with van der Waals surface area (Å²) < 4.78 is 0. The predicted octanol–water partition coefficient (Wildman–Crippen LogP) is 4.71. The van der Waals surface area contributed by atoms with Crippen LogP contribution in [-0.2, 0) is 5.41 Å². The molecule has 0 aromatic heterocycles. The van der Waals surface area contributed by atoms with Crippen LogP contribution in [0, 0.1) is 6.92 Å². The molecule has 1 amide bonds.